The van der Waals surface area contributed by atoms with Crippen LogP contribution in [-0.4, -0.2) is 27.3 Å². The minimum Gasteiger partial charge on any atom is -0.387 e. The van der Waals surface area contributed by atoms with Crippen molar-refractivity contribution in [1.82, 2.24) is 15.1 Å². The summed E-state index contributed by atoms with van der Waals surface area (Å²) < 4.78 is 14.7. The van der Waals surface area contributed by atoms with Gasteiger partial charge in [0.15, 0.2) is 0 Å². The smallest absolute Gasteiger partial charge is 0.269 e. The summed E-state index contributed by atoms with van der Waals surface area (Å²) in [5.41, 5.74) is 1.83. The number of carbonyl (C=O) groups is 1. The van der Waals surface area contributed by atoms with Crippen molar-refractivity contribution < 1.29 is 14.3 Å². The third-order valence-electron chi connectivity index (χ3n) is 4.09. The summed E-state index contributed by atoms with van der Waals surface area (Å²) in [4.78, 5) is 12.5. The highest BCUT2D eigenvalue weighted by Gasteiger charge is 2.19. The van der Waals surface area contributed by atoms with E-state index < -0.39 is 6.10 Å². The van der Waals surface area contributed by atoms with Gasteiger partial charge in [-0.05, 0) is 43.5 Å². The average Bonchev–Trinajstić information content (AvgIpc) is 2.96. The van der Waals surface area contributed by atoms with Crippen LogP contribution in [0.3, 0.4) is 0 Å². The molecule has 5 nitrogen and oxygen atoms in total. The molecule has 1 heterocycles. The molecular formula is C18H24FN3O2. The minimum atomic E-state index is -0.889. The Hall–Kier alpha value is -2.21. The van der Waals surface area contributed by atoms with Crippen LogP contribution in [0.25, 0.3) is 0 Å². The highest BCUT2D eigenvalue weighted by molar-refractivity contribution is 5.92. The number of halogens is 1. The van der Waals surface area contributed by atoms with Crippen molar-refractivity contribution in [3.63, 3.8) is 0 Å². The highest BCUT2D eigenvalue weighted by Crippen LogP contribution is 2.19. The lowest BCUT2D eigenvalue weighted by Gasteiger charge is -2.17. The van der Waals surface area contributed by atoms with Crippen molar-refractivity contribution in [3.8, 4) is 0 Å². The van der Waals surface area contributed by atoms with Crippen LogP contribution in [-0.2, 0) is 0 Å². The molecule has 1 aromatic carbocycles. The fourth-order valence-corrected chi connectivity index (χ4v) is 2.68. The van der Waals surface area contributed by atoms with Gasteiger partial charge in [0.05, 0.1) is 17.8 Å². The van der Waals surface area contributed by atoms with Crippen LogP contribution in [0.4, 0.5) is 4.39 Å². The monoisotopic (exact) mass is 333 g/mol. The van der Waals surface area contributed by atoms with Gasteiger partial charge in [-0.25, -0.2) is 4.39 Å². The van der Waals surface area contributed by atoms with E-state index in [0.717, 1.165) is 18.5 Å². The number of nitrogens with one attached hydrogen (secondary N) is 1. The first-order chi connectivity index (χ1) is 11.5. The number of aliphatic hydroxyl groups is 1. The molecule has 2 aromatic rings. The molecule has 0 saturated carbocycles. The third kappa shape index (κ3) is 4.20. The van der Waals surface area contributed by atoms with Gasteiger partial charge in [0.25, 0.3) is 5.91 Å². The largest absolute Gasteiger partial charge is 0.387 e. The molecule has 1 aromatic heterocycles. The molecular weight excluding hydrogens is 309 g/mol. The van der Waals surface area contributed by atoms with Crippen LogP contribution in [0.15, 0.2) is 30.3 Å². The molecule has 1 amide bonds. The quantitative estimate of drug-likeness (QED) is 0.818. The molecule has 0 aliphatic heterocycles. The van der Waals surface area contributed by atoms with Crippen molar-refractivity contribution in [1.29, 1.82) is 0 Å². The van der Waals surface area contributed by atoms with E-state index in [4.69, 9.17) is 0 Å². The van der Waals surface area contributed by atoms with Gasteiger partial charge in [-0.15, -0.1) is 0 Å². The Kier molecular flexibility index (Phi) is 6.09. The van der Waals surface area contributed by atoms with Crippen LogP contribution in [0.5, 0.6) is 0 Å². The number of hydrogen-bond donors (Lipinski definition) is 2. The molecule has 0 fully saturated rings. The van der Waals surface area contributed by atoms with Gasteiger partial charge in [0.1, 0.15) is 11.5 Å². The number of nitrogens with zero attached hydrogens (tertiary/aromatic N) is 2. The molecule has 0 saturated heterocycles. The zero-order chi connectivity index (χ0) is 17.7. The van der Waals surface area contributed by atoms with Crippen LogP contribution in [0.1, 0.15) is 60.6 Å². The summed E-state index contributed by atoms with van der Waals surface area (Å²) in [5, 5.41) is 17.3. The second-order valence-electron chi connectivity index (χ2n) is 5.86. The molecule has 0 radical (unpaired) electrons. The molecule has 1 unspecified atom stereocenters. The van der Waals surface area contributed by atoms with Crippen molar-refractivity contribution in [2.45, 2.75) is 45.8 Å². The molecule has 0 spiro atoms. The Morgan fingerprint density at radius 1 is 1.29 bits per heavy atom. The lowest BCUT2D eigenvalue weighted by molar-refractivity contribution is 0.0902. The van der Waals surface area contributed by atoms with Gasteiger partial charge in [-0.2, -0.15) is 5.10 Å². The first-order valence-electron chi connectivity index (χ1n) is 8.24. The Bertz CT molecular complexity index is 678. The van der Waals surface area contributed by atoms with Crippen molar-refractivity contribution >= 4 is 5.91 Å². The van der Waals surface area contributed by atoms with Crippen LogP contribution < -0.4 is 5.32 Å². The highest BCUT2D eigenvalue weighted by atomic mass is 19.1. The lowest BCUT2D eigenvalue weighted by Crippen LogP contribution is -2.31. The molecule has 0 bridgehead atoms. The van der Waals surface area contributed by atoms with Gasteiger partial charge in [-0.3, -0.25) is 9.48 Å². The van der Waals surface area contributed by atoms with E-state index in [2.05, 4.69) is 24.3 Å². The maximum Gasteiger partial charge on any atom is 0.269 e. The molecule has 24 heavy (non-hydrogen) atoms. The number of amides is 1. The zero-order valence-corrected chi connectivity index (χ0v) is 14.3. The van der Waals surface area contributed by atoms with E-state index in [1.165, 1.54) is 24.3 Å². The van der Waals surface area contributed by atoms with Crippen molar-refractivity contribution in [2.75, 3.05) is 6.54 Å². The number of hydrogen-bond acceptors (Lipinski definition) is 3. The van der Waals surface area contributed by atoms with E-state index >= 15 is 0 Å². The third-order valence-corrected chi connectivity index (χ3v) is 4.09. The standard InChI is InChI=1S/C18H24FN3O2/c1-4-15(5-2)22-16(10-12(3)21-22)18(24)20-11-17(23)13-6-8-14(19)9-7-13/h6-10,15,17,23H,4-5,11H2,1-3H3,(H,20,24). The number of aryl methyl sites for hydroxylation is 1. The van der Waals surface area contributed by atoms with Crippen LogP contribution in [0.2, 0.25) is 0 Å². The minimum absolute atomic E-state index is 0.0532. The summed E-state index contributed by atoms with van der Waals surface area (Å²) in [5.74, 6) is -0.636. The molecule has 2 N–H and O–H groups in total. The first-order valence-corrected chi connectivity index (χ1v) is 8.24. The fraction of sp³-hybridized carbons (Fsp3) is 0.444. The maximum absolute atomic E-state index is 12.9. The topological polar surface area (TPSA) is 67.2 Å². The Morgan fingerprint density at radius 2 is 1.92 bits per heavy atom. The first kappa shape index (κ1) is 18.1. The second-order valence-corrected chi connectivity index (χ2v) is 5.86. The Balaban J connectivity index is 2.06. The number of benzene rings is 1. The number of rotatable bonds is 7. The van der Waals surface area contributed by atoms with Gasteiger partial charge in [-0.1, -0.05) is 26.0 Å². The number of carbonyl (C=O) groups excluding carboxylic acids is 1. The molecule has 130 valence electrons. The number of aromatic nitrogens is 2. The molecule has 2 rings (SSSR count). The average molecular weight is 333 g/mol. The zero-order valence-electron chi connectivity index (χ0n) is 14.3. The van der Waals surface area contributed by atoms with E-state index in [9.17, 15) is 14.3 Å². The summed E-state index contributed by atoms with van der Waals surface area (Å²) >= 11 is 0. The van der Waals surface area contributed by atoms with E-state index in [-0.39, 0.29) is 24.3 Å². The SMILES string of the molecule is CCC(CC)n1nc(C)cc1C(=O)NCC(O)c1ccc(F)cc1. The Morgan fingerprint density at radius 3 is 2.50 bits per heavy atom. The summed E-state index contributed by atoms with van der Waals surface area (Å²) in [6.45, 7) is 6.02. The summed E-state index contributed by atoms with van der Waals surface area (Å²) in [7, 11) is 0. The van der Waals surface area contributed by atoms with Gasteiger partial charge < -0.3 is 10.4 Å². The second kappa shape index (κ2) is 8.06. The van der Waals surface area contributed by atoms with Crippen molar-refractivity contribution in [3.05, 3.63) is 53.1 Å². The maximum atomic E-state index is 12.9. The molecule has 6 heteroatoms. The van der Waals surface area contributed by atoms with E-state index in [0.29, 0.717) is 11.3 Å². The van der Waals surface area contributed by atoms with Gasteiger partial charge in [0, 0.05) is 6.54 Å². The van der Waals surface area contributed by atoms with Crippen molar-refractivity contribution in [2.24, 2.45) is 0 Å². The van der Waals surface area contributed by atoms with Gasteiger partial charge >= 0.3 is 0 Å². The number of aliphatic hydroxyl groups excluding tert-OH is 1. The fourth-order valence-electron chi connectivity index (χ4n) is 2.68. The normalized spacial score (nSPS) is 12.4. The summed E-state index contributed by atoms with van der Waals surface area (Å²) in [6.07, 6.45) is 0.881. The molecule has 0 aliphatic rings. The molecule has 0 aliphatic carbocycles. The predicted octanol–water partition coefficient (Wildman–Crippen LogP) is 3.16. The Labute approximate surface area is 141 Å². The van der Waals surface area contributed by atoms with Crippen LogP contribution in [0, 0.1) is 12.7 Å². The van der Waals surface area contributed by atoms with Gasteiger partial charge in [0.2, 0.25) is 0 Å². The van der Waals surface area contributed by atoms with E-state index in [1.807, 2.05) is 6.92 Å². The van der Waals surface area contributed by atoms with E-state index in [1.54, 1.807) is 10.7 Å². The van der Waals surface area contributed by atoms with Crippen LogP contribution >= 0.6 is 0 Å². The predicted molar refractivity (Wildman–Crippen MR) is 90.3 cm³/mol. The summed E-state index contributed by atoms with van der Waals surface area (Å²) in [6, 6.07) is 7.49. The molecule has 1 atom stereocenters. The lowest BCUT2D eigenvalue weighted by atomic mass is 10.1.